The average Bonchev–Trinajstić information content (AvgIpc) is 3.89. The van der Waals surface area contributed by atoms with Gasteiger partial charge in [0.25, 0.3) is 0 Å². The molecule has 304 valence electrons. The van der Waals surface area contributed by atoms with Gasteiger partial charge in [0.05, 0.1) is 0 Å². The van der Waals surface area contributed by atoms with Crippen LogP contribution in [0.1, 0.15) is 93.1 Å². The van der Waals surface area contributed by atoms with E-state index in [0.717, 1.165) is 73.2 Å². The number of H-pyrrole nitrogens is 2. The van der Waals surface area contributed by atoms with Crippen LogP contribution < -0.4 is 9.80 Å². The molecule has 0 radical (unpaired) electrons. The molecular weight excluding hydrogens is 743 g/mol. The van der Waals surface area contributed by atoms with Gasteiger partial charge < -0.3 is 15.0 Å². The summed E-state index contributed by atoms with van der Waals surface area (Å²) in [5.74, 6) is 0.686. The number of carbonyl (C=O) groups excluding carboxylic acids is 1. The molecule has 0 amide bonds. The summed E-state index contributed by atoms with van der Waals surface area (Å²) in [6, 6.07) is 38.8. The van der Waals surface area contributed by atoms with Gasteiger partial charge in [0.1, 0.15) is 17.1 Å². The number of aromatic nitrogens is 4. The average molecular weight is 796 g/mol. The van der Waals surface area contributed by atoms with Gasteiger partial charge in [-0.2, -0.15) is 10.2 Å². The Hall–Kier alpha value is -6.48. The fourth-order valence-electron chi connectivity index (χ4n) is 9.17. The maximum Gasteiger partial charge on any atom is 0.186 e. The van der Waals surface area contributed by atoms with Crippen molar-refractivity contribution >= 4 is 35.0 Å². The van der Waals surface area contributed by atoms with E-state index in [1.807, 2.05) is 0 Å². The first-order valence-corrected chi connectivity index (χ1v) is 21.2. The number of benzene rings is 4. The largest absolute Gasteiger partial charge is 0.411 e. The van der Waals surface area contributed by atoms with Crippen LogP contribution >= 0.6 is 0 Å². The van der Waals surface area contributed by atoms with Crippen LogP contribution in [0, 0.1) is 11.8 Å². The number of rotatable bonds is 10. The lowest BCUT2D eigenvalue weighted by Gasteiger charge is -2.35. The molecule has 4 aromatic carbocycles. The highest BCUT2D eigenvalue weighted by molar-refractivity contribution is 6.04. The summed E-state index contributed by atoms with van der Waals surface area (Å²) in [6.45, 7) is 0. The van der Waals surface area contributed by atoms with Gasteiger partial charge in [-0.15, -0.1) is 0 Å². The van der Waals surface area contributed by atoms with Crippen LogP contribution in [0.5, 0.6) is 0 Å². The highest BCUT2D eigenvalue weighted by atomic mass is 16.4. The lowest BCUT2D eigenvalue weighted by molar-refractivity contribution is 0.0849. The molecule has 2 heterocycles. The second kappa shape index (κ2) is 15.9. The molecule has 9 heteroatoms. The zero-order valence-corrected chi connectivity index (χ0v) is 34.9. The van der Waals surface area contributed by atoms with Gasteiger partial charge in [-0.05, 0) is 72.2 Å². The van der Waals surface area contributed by atoms with Crippen LogP contribution in [0.3, 0.4) is 0 Å². The van der Waals surface area contributed by atoms with Crippen LogP contribution in [0.4, 0.5) is 11.4 Å². The number of nitrogens with zero attached hydrogens (tertiary/aromatic N) is 5. The summed E-state index contributed by atoms with van der Waals surface area (Å²) in [7, 11) is 8.22. The molecule has 10 rings (SSSR count). The normalized spacial score (nSPS) is 20.6. The van der Waals surface area contributed by atoms with Crippen LogP contribution in [0.25, 0.3) is 12.2 Å². The van der Waals surface area contributed by atoms with Gasteiger partial charge in [0.15, 0.2) is 5.78 Å². The van der Waals surface area contributed by atoms with E-state index in [1.165, 1.54) is 33.6 Å². The maximum absolute atomic E-state index is 12.8. The Kier molecular flexibility index (Phi) is 10.4. The van der Waals surface area contributed by atoms with Gasteiger partial charge in [0, 0.05) is 97.6 Å². The van der Waals surface area contributed by atoms with E-state index < -0.39 is 0 Å². The molecule has 0 aliphatic heterocycles. The Labute approximate surface area is 352 Å². The second-order valence-corrected chi connectivity index (χ2v) is 17.3. The Morgan fingerprint density at radius 3 is 1.43 bits per heavy atom. The molecule has 0 saturated heterocycles. The Morgan fingerprint density at radius 2 is 1.03 bits per heavy atom. The summed E-state index contributed by atoms with van der Waals surface area (Å²) in [5.41, 5.74) is 13.0. The summed E-state index contributed by atoms with van der Waals surface area (Å²) in [4.78, 5) is 17.1. The molecule has 4 aliphatic rings. The number of allylic oxidation sites excluding steroid dienone is 2. The Bertz CT molecular complexity index is 2560. The molecule has 9 nitrogen and oxygen atoms in total. The summed E-state index contributed by atoms with van der Waals surface area (Å²) in [6.07, 6.45) is 15.6. The van der Waals surface area contributed by atoms with Crippen LogP contribution in [0.15, 0.2) is 127 Å². The standard InChI is InChI=1S/C26H27N3O.C25H26N4O/c1-29(2)21-13-11-20(12-14-21)26(19-9-4-3-5-10-19)16-15-22-23(17-26)27-28-24(22)25(30)18-7-6-8-18;1-29(2)20-12-10-19(11-13-20)25(18-6-4-3-5-7-18)15-14-21-22(16-25)26-27-24(21)23(28-30)17-8-9-17/h3-5,9-16,18H,6-8,17H2,1-2H3,(H,27,28);3-7,10-15,17,30H,8-9,16H2,1-2H3,(H,26,27). The van der Waals surface area contributed by atoms with E-state index >= 15 is 0 Å². The van der Waals surface area contributed by atoms with Crippen molar-refractivity contribution in [3.05, 3.63) is 178 Å². The van der Waals surface area contributed by atoms with Crippen molar-refractivity contribution in [2.45, 2.75) is 55.8 Å². The van der Waals surface area contributed by atoms with Gasteiger partial charge in [0.2, 0.25) is 0 Å². The minimum Gasteiger partial charge on any atom is -0.411 e. The van der Waals surface area contributed by atoms with E-state index in [0.29, 0.717) is 17.3 Å². The third-order valence-corrected chi connectivity index (χ3v) is 13.1. The number of fused-ring (bicyclic) bond motifs is 2. The first-order valence-electron chi connectivity index (χ1n) is 21.2. The van der Waals surface area contributed by atoms with Crippen molar-refractivity contribution in [2.75, 3.05) is 38.0 Å². The lowest BCUT2D eigenvalue weighted by atomic mass is 9.68. The monoisotopic (exact) mass is 795 g/mol. The number of anilines is 2. The first-order chi connectivity index (χ1) is 29.2. The van der Waals surface area contributed by atoms with Gasteiger partial charge in [-0.25, -0.2) is 0 Å². The van der Waals surface area contributed by atoms with Crippen LogP contribution in [-0.4, -0.2) is 65.3 Å². The molecule has 2 unspecified atom stereocenters. The summed E-state index contributed by atoms with van der Waals surface area (Å²) >= 11 is 0. The van der Waals surface area contributed by atoms with Crippen molar-refractivity contribution in [1.82, 2.24) is 20.4 Å². The van der Waals surface area contributed by atoms with Gasteiger partial charge in [-0.3, -0.25) is 15.0 Å². The number of carbonyl (C=O) groups is 1. The molecular formula is C51H53N7O2. The smallest absolute Gasteiger partial charge is 0.186 e. The van der Waals surface area contributed by atoms with Gasteiger partial charge >= 0.3 is 0 Å². The molecule has 2 atom stereocenters. The first kappa shape index (κ1) is 39.0. The number of hydrogen-bond donors (Lipinski definition) is 3. The lowest BCUT2D eigenvalue weighted by Crippen LogP contribution is -2.31. The van der Waals surface area contributed by atoms with Crippen molar-refractivity contribution in [3.63, 3.8) is 0 Å². The molecule has 0 bridgehead atoms. The number of ketones is 1. The van der Waals surface area contributed by atoms with E-state index in [2.05, 4.69) is 197 Å². The zero-order valence-electron chi connectivity index (χ0n) is 34.9. The van der Waals surface area contributed by atoms with E-state index in [1.54, 1.807) is 0 Å². The molecule has 4 aliphatic carbocycles. The van der Waals surface area contributed by atoms with Gasteiger partial charge in [-0.1, -0.05) is 121 Å². The molecule has 2 aromatic heterocycles. The molecule has 2 saturated carbocycles. The second-order valence-electron chi connectivity index (χ2n) is 17.3. The molecule has 0 spiro atoms. The molecule has 2 fully saturated rings. The van der Waals surface area contributed by atoms with Crippen molar-refractivity contribution in [1.29, 1.82) is 0 Å². The van der Waals surface area contributed by atoms with Crippen molar-refractivity contribution < 1.29 is 10.0 Å². The van der Waals surface area contributed by atoms with Crippen molar-refractivity contribution in [3.8, 4) is 0 Å². The fraction of sp³-hybridized carbons (Fsp3) is 0.294. The topological polar surface area (TPSA) is 114 Å². The molecule has 60 heavy (non-hydrogen) atoms. The Morgan fingerprint density at radius 1 is 0.600 bits per heavy atom. The molecule has 6 aromatic rings. The third kappa shape index (κ3) is 7.06. The third-order valence-electron chi connectivity index (χ3n) is 13.1. The highest BCUT2D eigenvalue weighted by Crippen LogP contribution is 2.45. The number of aromatic amines is 2. The molecule has 3 N–H and O–H groups in total. The summed E-state index contributed by atoms with van der Waals surface area (Å²) < 4.78 is 0. The Balaban J connectivity index is 0.000000154. The quantitative estimate of drug-likeness (QED) is 0.0551. The SMILES string of the molecule is CN(C)c1ccc(C2(c3ccccc3)C=Cc3c(C(=NO)C4CC4)n[nH]c3C2)cc1.CN(C)c1ccc(C2(c3ccccc3)C=Cc3c(C(=O)C4CCC4)n[nH]c3C2)cc1. The van der Waals surface area contributed by atoms with E-state index in [4.69, 9.17) is 0 Å². The predicted octanol–water partition coefficient (Wildman–Crippen LogP) is 9.63. The number of hydrogen-bond acceptors (Lipinski definition) is 7. The minimum atomic E-state index is -0.289. The summed E-state index contributed by atoms with van der Waals surface area (Å²) in [5, 5.41) is 28.6. The van der Waals surface area contributed by atoms with Crippen molar-refractivity contribution in [2.24, 2.45) is 17.0 Å². The van der Waals surface area contributed by atoms with E-state index in [-0.39, 0.29) is 22.5 Å². The number of Topliss-reactive ketones (excluding diaryl/α,β-unsaturated/α-hetero) is 1. The van der Waals surface area contributed by atoms with Crippen LogP contribution in [0.2, 0.25) is 0 Å². The van der Waals surface area contributed by atoms with Crippen LogP contribution in [-0.2, 0) is 23.7 Å². The highest BCUT2D eigenvalue weighted by Gasteiger charge is 2.40. The predicted molar refractivity (Wildman–Crippen MR) is 241 cm³/mol. The number of nitrogens with one attached hydrogen (secondary N) is 2. The van der Waals surface area contributed by atoms with E-state index in [9.17, 15) is 10.0 Å². The zero-order chi connectivity index (χ0) is 41.4. The fourth-order valence-corrected chi connectivity index (χ4v) is 9.17. The minimum absolute atomic E-state index is 0.158. The number of oxime groups is 1. The maximum atomic E-state index is 12.8.